The molecule has 2 rings (SSSR count). The van der Waals surface area contributed by atoms with Crippen LogP contribution in [0.3, 0.4) is 0 Å². The highest BCUT2D eigenvalue weighted by atomic mass is 14.9. The quantitative estimate of drug-likeness (QED) is 0.863. The SMILES string of the molecule is CC(N)CNCC(C)(C)c1ccc2ccccc2c1. The van der Waals surface area contributed by atoms with Crippen LogP contribution in [0.2, 0.25) is 0 Å². The number of hydrogen-bond donors (Lipinski definition) is 2. The molecule has 0 fully saturated rings. The summed E-state index contributed by atoms with van der Waals surface area (Å²) in [5.41, 5.74) is 7.25. The molecule has 2 aromatic rings. The van der Waals surface area contributed by atoms with E-state index in [0.29, 0.717) is 0 Å². The van der Waals surface area contributed by atoms with E-state index in [4.69, 9.17) is 5.73 Å². The molecule has 1 unspecified atom stereocenters. The summed E-state index contributed by atoms with van der Waals surface area (Å²) in [6, 6.07) is 15.4. The number of fused-ring (bicyclic) bond motifs is 1. The van der Waals surface area contributed by atoms with Crippen LogP contribution in [0.5, 0.6) is 0 Å². The maximum atomic E-state index is 5.77. The van der Waals surface area contributed by atoms with Crippen molar-refractivity contribution >= 4 is 10.8 Å². The molecule has 0 aliphatic rings. The Labute approximate surface area is 116 Å². The van der Waals surface area contributed by atoms with Crippen LogP contribution in [0.15, 0.2) is 42.5 Å². The van der Waals surface area contributed by atoms with Gasteiger partial charge in [0.1, 0.15) is 0 Å². The molecule has 0 aliphatic heterocycles. The van der Waals surface area contributed by atoms with Crippen LogP contribution in [0, 0.1) is 0 Å². The summed E-state index contributed by atoms with van der Waals surface area (Å²) in [7, 11) is 0. The normalized spacial score (nSPS) is 13.7. The summed E-state index contributed by atoms with van der Waals surface area (Å²) in [6.07, 6.45) is 0. The van der Waals surface area contributed by atoms with Gasteiger partial charge < -0.3 is 11.1 Å². The van der Waals surface area contributed by atoms with Gasteiger partial charge in [-0.1, -0.05) is 56.3 Å². The number of nitrogens with two attached hydrogens (primary N) is 1. The lowest BCUT2D eigenvalue weighted by Crippen LogP contribution is -2.38. The maximum absolute atomic E-state index is 5.77. The molecule has 102 valence electrons. The molecule has 1 atom stereocenters. The first kappa shape index (κ1) is 14.0. The number of benzene rings is 2. The molecule has 2 nitrogen and oxygen atoms in total. The van der Waals surface area contributed by atoms with E-state index in [9.17, 15) is 0 Å². The van der Waals surface area contributed by atoms with E-state index in [2.05, 4.69) is 61.6 Å². The Morgan fingerprint density at radius 2 is 1.79 bits per heavy atom. The lowest BCUT2D eigenvalue weighted by Gasteiger charge is -2.26. The zero-order chi connectivity index (χ0) is 13.9. The summed E-state index contributed by atoms with van der Waals surface area (Å²) in [6.45, 7) is 8.36. The number of hydrogen-bond acceptors (Lipinski definition) is 2. The predicted molar refractivity (Wildman–Crippen MR) is 83.5 cm³/mol. The Morgan fingerprint density at radius 1 is 1.11 bits per heavy atom. The van der Waals surface area contributed by atoms with E-state index in [1.165, 1.54) is 16.3 Å². The van der Waals surface area contributed by atoms with Crippen molar-refractivity contribution in [3.05, 3.63) is 48.0 Å². The lowest BCUT2D eigenvalue weighted by molar-refractivity contribution is 0.459. The van der Waals surface area contributed by atoms with Gasteiger partial charge in [-0.3, -0.25) is 0 Å². The molecule has 0 aromatic heterocycles. The Kier molecular flexibility index (Phi) is 4.23. The molecule has 0 aliphatic carbocycles. The van der Waals surface area contributed by atoms with Crippen molar-refractivity contribution in [3.63, 3.8) is 0 Å². The van der Waals surface area contributed by atoms with Crippen molar-refractivity contribution in [1.82, 2.24) is 5.32 Å². The lowest BCUT2D eigenvalue weighted by atomic mass is 9.83. The van der Waals surface area contributed by atoms with E-state index in [1.807, 2.05) is 6.92 Å². The van der Waals surface area contributed by atoms with Crippen LogP contribution >= 0.6 is 0 Å². The van der Waals surface area contributed by atoms with E-state index >= 15 is 0 Å². The molecule has 19 heavy (non-hydrogen) atoms. The first-order valence-electron chi connectivity index (χ1n) is 6.94. The molecule has 2 heteroatoms. The topological polar surface area (TPSA) is 38.0 Å². The third-order valence-corrected chi connectivity index (χ3v) is 3.56. The minimum absolute atomic E-state index is 0.110. The highest BCUT2D eigenvalue weighted by Gasteiger charge is 2.20. The molecule has 0 radical (unpaired) electrons. The Hall–Kier alpha value is -1.38. The zero-order valence-electron chi connectivity index (χ0n) is 12.1. The second-order valence-electron chi connectivity index (χ2n) is 6.05. The largest absolute Gasteiger partial charge is 0.327 e. The monoisotopic (exact) mass is 256 g/mol. The fourth-order valence-electron chi connectivity index (χ4n) is 2.32. The summed E-state index contributed by atoms with van der Waals surface area (Å²) in [5, 5.41) is 6.05. The standard InChI is InChI=1S/C17H24N2/c1-13(18)11-19-12-17(2,3)16-9-8-14-6-4-5-7-15(14)10-16/h4-10,13,19H,11-12,18H2,1-3H3. The molecular weight excluding hydrogens is 232 g/mol. The molecule has 3 N–H and O–H groups in total. The van der Waals surface area contributed by atoms with Gasteiger partial charge >= 0.3 is 0 Å². The van der Waals surface area contributed by atoms with E-state index in [0.717, 1.165) is 13.1 Å². The average molecular weight is 256 g/mol. The fraction of sp³-hybridized carbons (Fsp3) is 0.412. The molecule has 2 aromatic carbocycles. The Bertz CT molecular complexity index is 544. The van der Waals surface area contributed by atoms with Crippen LogP contribution in [0.25, 0.3) is 10.8 Å². The van der Waals surface area contributed by atoms with Crippen LogP contribution < -0.4 is 11.1 Å². The second kappa shape index (κ2) is 5.72. The van der Waals surface area contributed by atoms with E-state index in [1.54, 1.807) is 0 Å². The van der Waals surface area contributed by atoms with Gasteiger partial charge in [-0.05, 0) is 23.3 Å². The smallest absolute Gasteiger partial charge is 0.0136 e. The molecule has 0 amide bonds. The zero-order valence-corrected chi connectivity index (χ0v) is 12.1. The van der Waals surface area contributed by atoms with Crippen molar-refractivity contribution < 1.29 is 0 Å². The van der Waals surface area contributed by atoms with Gasteiger partial charge in [0.2, 0.25) is 0 Å². The minimum Gasteiger partial charge on any atom is -0.327 e. The highest BCUT2D eigenvalue weighted by molar-refractivity contribution is 5.83. The molecule has 0 saturated heterocycles. The number of nitrogens with one attached hydrogen (secondary N) is 1. The molecule has 0 bridgehead atoms. The van der Waals surface area contributed by atoms with Gasteiger partial charge in [-0.2, -0.15) is 0 Å². The minimum atomic E-state index is 0.110. The van der Waals surface area contributed by atoms with Crippen molar-refractivity contribution in [1.29, 1.82) is 0 Å². The number of rotatable bonds is 5. The summed E-state index contributed by atoms with van der Waals surface area (Å²) >= 11 is 0. The molecule has 0 heterocycles. The first-order chi connectivity index (χ1) is 8.99. The van der Waals surface area contributed by atoms with Crippen molar-refractivity contribution in [2.75, 3.05) is 13.1 Å². The van der Waals surface area contributed by atoms with Gasteiger partial charge in [-0.15, -0.1) is 0 Å². The van der Waals surface area contributed by atoms with Gasteiger partial charge in [0.15, 0.2) is 0 Å². The van der Waals surface area contributed by atoms with Crippen molar-refractivity contribution in [3.8, 4) is 0 Å². The first-order valence-corrected chi connectivity index (χ1v) is 6.94. The average Bonchev–Trinajstić information content (AvgIpc) is 2.37. The van der Waals surface area contributed by atoms with Gasteiger partial charge in [0, 0.05) is 24.5 Å². The second-order valence-corrected chi connectivity index (χ2v) is 6.05. The third kappa shape index (κ3) is 3.55. The predicted octanol–water partition coefficient (Wildman–Crippen LogP) is 3.05. The van der Waals surface area contributed by atoms with E-state index < -0.39 is 0 Å². The molecular formula is C17H24N2. The van der Waals surface area contributed by atoms with Crippen molar-refractivity contribution in [2.24, 2.45) is 5.73 Å². The van der Waals surface area contributed by atoms with Crippen LogP contribution in [-0.4, -0.2) is 19.1 Å². The Morgan fingerprint density at radius 3 is 2.47 bits per heavy atom. The Balaban J connectivity index is 2.17. The third-order valence-electron chi connectivity index (χ3n) is 3.56. The fourth-order valence-corrected chi connectivity index (χ4v) is 2.32. The molecule has 0 spiro atoms. The van der Waals surface area contributed by atoms with Crippen molar-refractivity contribution in [2.45, 2.75) is 32.2 Å². The molecule has 0 saturated carbocycles. The van der Waals surface area contributed by atoms with Gasteiger partial charge in [0.25, 0.3) is 0 Å². The van der Waals surface area contributed by atoms with Crippen LogP contribution in [-0.2, 0) is 5.41 Å². The summed E-state index contributed by atoms with van der Waals surface area (Å²) in [4.78, 5) is 0. The summed E-state index contributed by atoms with van der Waals surface area (Å²) in [5.74, 6) is 0. The van der Waals surface area contributed by atoms with Gasteiger partial charge in [0.05, 0.1) is 0 Å². The van der Waals surface area contributed by atoms with Crippen LogP contribution in [0.4, 0.5) is 0 Å². The van der Waals surface area contributed by atoms with Crippen LogP contribution in [0.1, 0.15) is 26.3 Å². The summed E-state index contributed by atoms with van der Waals surface area (Å²) < 4.78 is 0. The van der Waals surface area contributed by atoms with Gasteiger partial charge in [-0.25, -0.2) is 0 Å². The maximum Gasteiger partial charge on any atom is 0.0136 e. The van der Waals surface area contributed by atoms with E-state index in [-0.39, 0.29) is 11.5 Å². The highest BCUT2D eigenvalue weighted by Crippen LogP contribution is 2.26.